The van der Waals surface area contributed by atoms with Crippen molar-refractivity contribution in [2.45, 2.75) is 18.8 Å². The van der Waals surface area contributed by atoms with Crippen molar-refractivity contribution in [2.75, 3.05) is 0 Å². The Morgan fingerprint density at radius 3 is 2.83 bits per heavy atom. The van der Waals surface area contributed by atoms with Crippen molar-refractivity contribution in [2.24, 2.45) is 0 Å². The van der Waals surface area contributed by atoms with Crippen LogP contribution in [0.5, 0.6) is 17.4 Å². The quantitative estimate of drug-likeness (QED) is 0.867. The summed E-state index contributed by atoms with van der Waals surface area (Å²) in [6.07, 6.45) is 2.09. The monoisotopic (exact) mass is 244 g/mol. The lowest BCUT2D eigenvalue weighted by molar-refractivity contribution is 0.400. The largest absolute Gasteiger partial charge is 0.504 e. The summed E-state index contributed by atoms with van der Waals surface area (Å²) in [6, 6.07) is 7.85. The molecule has 1 fully saturated rings. The first kappa shape index (κ1) is 10.8. The zero-order valence-corrected chi connectivity index (χ0v) is 9.59. The molecule has 0 spiro atoms. The van der Waals surface area contributed by atoms with Gasteiger partial charge in [0.1, 0.15) is 5.82 Å². The highest BCUT2D eigenvalue weighted by Crippen LogP contribution is 2.38. The minimum atomic E-state index is -0.239. The zero-order valence-electron chi connectivity index (χ0n) is 9.59. The molecule has 3 rings (SSSR count). The van der Waals surface area contributed by atoms with Crippen LogP contribution >= 0.6 is 0 Å². The fourth-order valence-corrected chi connectivity index (χ4v) is 1.71. The number of hydrogen-bond acceptors (Lipinski definition) is 4. The van der Waals surface area contributed by atoms with Crippen molar-refractivity contribution < 1.29 is 9.84 Å². The molecule has 18 heavy (non-hydrogen) atoms. The van der Waals surface area contributed by atoms with E-state index in [0.717, 1.165) is 12.8 Å². The maximum Gasteiger partial charge on any atom is 0.254 e. The molecule has 92 valence electrons. The van der Waals surface area contributed by atoms with Gasteiger partial charge in [-0.1, -0.05) is 12.1 Å². The first-order valence-corrected chi connectivity index (χ1v) is 5.79. The molecule has 0 bridgehead atoms. The summed E-state index contributed by atoms with van der Waals surface area (Å²) in [5.41, 5.74) is -0.239. The number of para-hydroxylation sites is 2. The molecule has 5 nitrogen and oxygen atoms in total. The molecule has 2 N–H and O–H groups in total. The summed E-state index contributed by atoms with van der Waals surface area (Å²) in [6.45, 7) is 0. The summed E-state index contributed by atoms with van der Waals surface area (Å²) in [5, 5.41) is 9.59. The number of benzene rings is 1. The van der Waals surface area contributed by atoms with Crippen LogP contribution in [0.15, 0.2) is 35.1 Å². The molecule has 1 aliphatic rings. The standard InChI is InChI=1S/C13H12N2O3/c16-9-3-1-2-4-10(9)18-12-7-11(17)14-13(15-12)8-5-6-8/h1-4,7-8,16H,5-6H2,(H,14,15,17). The topological polar surface area (TPSA) is 75.2 Å². The van der Waals surface area contributed by atoms with E-state index >= 15 is 0 Å². The van der Waals surface area contributed by atoms with Gasteiger partial charge in [0.15, 0.2) is 11.5 Å². The van der Waals surface area contributed by atoms with E-state index in [1.165, 1.54) is 12.1 Å². The second kappa shape index (κ2) is 4.18. The Hall–Kier alpha value is -2.30. The van der Waals surface area contributed by atoms with Gasteiger partial charge in [-0.15, -0.1) is 0 Å². The average molecular weight is 244 g/mol. The molecule has 0 saturated heterocycles. The lowest BCUT2D eigenvalue weighted by atomic mass is 10.3. The SMILES string of the molecule is O=c1cc(Oc2ccccc2O)nc(C2CC2)[nH]1. The minimum absolute atomic E-state index is 0.0209. The molecule has 1 aromatic carbocycles. The van der Waals surface area contributed by atoms with E-state index in [2.05, 4.69) is 9.97 Å². The third kappa shape index (κ3) is 2.20. The van der Waals surface area contributed by atoms with Gasteiger partial charge in [-0.25, -0.2) is 0 Å². The van der Waals surface area contributed by atoms with Crippen molar-refractivity contribution in [3.8, 4) is 17.4 Å². The average Bonchev–Trinajstić information content (AvgIpc) is 3.15. The summed E-state index contributed by atoms with van der Waals surface area (Å²) in [5.74, 6) is 1.52. The molecule has 1 aliphatic carbocycles. The highest BCUT2D eigenvalue weighted by molar-refractivity contribution is 5.40. The predicted molar refractivity (Wildman–Crippen MR) is 65.0 cm³/mol. The number of nitrogens with one attached hydrogen (secondary N) is 1. The molecule has 5 heteroatoms. The van der Waals surface area contributed by atoms with Crippen LogP contribution in [0.4, 0.5) is 0 Å². The van der Waals surface area contributed by atoms with Crippen LogP contribution in [-0.2, 0) is 0 Å². The summed E-state index contributed by atoms with van der Waals surface area (Å²) in [7, 11) is 0. The molecule has 0 radical (unpaired) electrons. The van der Waals surface area contributed by atoms with Crippen LogP contribution in [0.1, 0.15) is 24.6 Å². The van der Waals surface area contributed by atoms with Crippen molar-refractivity contribution in [3.63, 3.8) is 0 Å². The molecular weight excluding hydrogens is 232 g/mol. The third-order valence-electron chi connectivity index (χ3n) is 2.78. The van der Waals surface area contributed by atoms with Gasteiger partial charge in [-0.05, 0) is 25.0 Å². The van der Waals surface area contributed by atoms with Gasteiger partial charge in [0, 0.05) is 5.92 Å². The Morgan fingerprint density at radius 2 is 2.11 bits per heavy atom. The van der Waals surface area contributed by atoms with Gasteiger partial charge in [-0.2, -0.15) is 4.98 Å². The maximum atomic E-state index is 11.5. The van der Waals surface area contributed by atoms with Crippen molar-refractivity contribution in [3.05, 3.63) is 46.5 Å². The van der Waals surface area contributed by atoms with Crippen LogP contribution in [0.2, 0.25) is 0 Å². The summed E-state index contributed by atoms with van der Waals surface area (Å²) >= 11 is 0. The van der Waals surface area contributed by atoms with Gasteiger partial charge in [-0.3, -0.25) is 4.79 Å². The second-order valence-electron chi connectivity index (χ2n) is 4.31. The van der Waals surface area contributed by atoms with Gasteiger partial charge in [0.05, 0.1) is 6.07 Å². The molecule has 0 amide bonds. The molecule has 1 aromatic heterocycles. The Labute approximate surface area is 103 Å². The van der Waals surface area contributed by atoms with E-state index in [-0.39, 0.29) is 22.9 Å². The molecule has 1 heterocycles. The zero-order chi connectivity index (χ0) is 12.5. The Balaban J connectivity index is 1.93. The van der Waals surface area contributed by atoms with E-state index in [1.54, 1.807) is 18.2 Å². The van der Waals surface area contributed by atoms with Crippen LogP contribution in [0.3, 0.4) is 0 Å². The molecule has 2 aromatic rings. The number of ether oxygens (including phenoxy) is 1. The number of rotatable bonds is 3. The molecule has 1 saturated carbocycles. The van der Waals surface area contributed by atoms with E-state index in [9.17, 15) is 9.90 Å². The van der Waals surface area contributed by atoms with E-state index in [1.807, 2.05) is 0 Å². The van der Waals surface area contributed by atoms with E-state index in [0.29, 0.717) is 11.7 Å². The van der Waals surface area contributed by atoms with E-state index < -0.39 is 0 Å². The number of aromatic nitrogens is 2. The first-order chi connectivity index (χ1) is 8.72. The lowest BCUT2D eigenvalue weighted by Crippen LogP contribution is -2.10. The Morgan fingerprint density at radius 1 is 1.33 bits per heavy atom. The number of hydrogen-bond donors (Lipinski definition) is 2. The maximum absolute atomic E-state index is 11.5. The number of aromatic hydroxyl groups is 1. The third-order valence-corrected chi connectivity index (χ3v) is 2.78. The van der Waals surface area contributed by atoms with Crippen molar-refractivity contribution in [1.29, 1.82) is 0 Å². The van der Waals surface area contributed by atoms with Crippen molar-refractivity contribution >= 4 is 0 Å². The van der Waals surface area contributed by atoms with Gasteiger partial charge in [0.2, 0.25) is 5.88 Å². The summed E-state index contributed by atoms with van der Waals surface area (Å²) in [4.78, 5) is 18.4. The fourth-order valence-electron chi connectivity index (χ4n) is 1.71. The highest BCUT2D eigenvalue weighted by atomic mass is 16.5. The number of H-pyrrole nitrogens is 1. The smallest absolute Gasteiger partial charge is 0.254 e. The van der Waals surface area contributed by atoms with Gasteiger partial charge < -0.3 is 14.8 Å². The number of phenols is 1. The van der Waals surface area contributed by atoms with E-state index in [4.69, 9.17) is 4.74 Å². The summed E-state index contributed by atoms with van der Waals surface area (Å²) < 4.78 is 5.43. The number of phenolic OH excluding ortho intramolecular Hbond substituents is 1. The molecule has 0 unspecified atom stereocenters. The number of aromatic amines is 1. The lowest BCUT2D eigenvalue weighted by Gasteiger charge is -2.07. The highest BCUT2D eigenvalue weighted by Gasteiger charge is 2.26. The Bertz CT molecular complexity index is 632. The Kier molecular flexibility index (Phi) is 2.51. The van der Waals surface area contributed by atoms with Gasteiger partial charge >= 0.3 is 0 Å². The predicted octanol–water partition coefficient (Wildman–Crippen LogP) is 2.15. The number of nitrogens with zero attached hydrogens (tertiary/aromatic N) is 1. The van der Waals surface area contributed by atoms with Crippen LogP contribution in [0, 0.1) is 0 Å². The van der Waals surface area contributed by atoms with Crippen molar-refractivity contribution in [1.82, 2.24) is 9.97 Å². The minimum Gasteiger partial charge on any atom is -0.504 e. The van der Waals surface area contributed by atoms with Crippen LogP contribution in [0.25, 0.3) is 0 Å². The van der Waals surface area contributed by atoms with Gasteiger partial charge in [0.25, 0.3) is 5.56 Å². The first-order valence-electron chi connectivity index (χ1n) is 5.79. The molecule has 0 aliphatic heterocycles. The molecular formula is C13H12N2O3. The second-order valence-corrected chi connectivity index (χ2v) is 4.31. The van der Waals surface area contributed by atoms with Crippen LogP contribution < -0.4 is 10.3 Å². The molecule has 0 atom stereocenters. The fraction of sp³-hybridized carbons (Fsp3) is 0.231. The normalized spacial score (nSPS) is 14.4. The van der Waals surface area contributed by atoms with Crippen LogP contribution in [-0.4, -0.2) is 15.1 Å².